The van der Waals surface area contributed by atoms with Crippen molar-refractivity contribution in [3.63, 3.8) is 0 Å². The maximum atomic E-state index is 12.7. The number of nitrogens with zero attached hydrogens (tertiary/aromatic N) is 6. The van der Waals surface area contributed by atoms with E-state index in [2.05, 4.69) is 70.7 Å². The highest BCUT2D eigenvalue weighted by Gasteiger charge is 2.32. The zero-order chi connectivity index (χ0) is 28.7. The molecule has 9 nitrogen and oxygen atoms in total. The summed E-state index contributed by atoms with van der Waals surface area (Å²) in [6.45, 7) is 7.00. The van der Waals surface area contributed by atoms with Gasteiger partial charge in [-0.3, -0.25) is 9.97 Å². The van der Waals surface area contributed by atoms with Gasteiger partial charge in [0.25, 0.3) is 0 Å². The first-order valence-corrected chi connectivity index (χ1v) is 14.2. The summed E-state index contributed by atoms with van der Waals surface area (Å²) in [5.74, 6) is 0.282. The van der Waals surface area contributed by atoms with Gasteiger partial charge >= 0.3 is 6.09 Å². The third-order valence-electron chi connectivity index (χ3n) is 7.80. The van der Waals surface area contributed by atoms with Crippen molar-refractivity contribution in [3.8, 4) is 11.1 Å². The SMILES string of the molecule is Cn1cnc(C(Nc2cc(-c3ccc4ccn(C)c4c3)c3nccnc3c2)C2CCN(C(=O)OC(C)(C)C)CC2)c1. The van der Waals surface area contributed by atoms with Crippen LogP contribution in [0.15, 0.2) is 67.5 Å². The molecule has 0 spiro atoms. The molecule has 1 N–H and O–H groups in total. The molecule has 1 saturated heterocycles. The summed E-state index contributed by atoms with van der Waals surface area (Å²) in [5, 5.41) is 5.03. The molecule has 1 amide bonds. The first-order chi connectivity index (χ1) is 19.6. The normalized spacial score (nSPS) is 15.4. The summed E-state index contributed by atoms with van der Waals surface area (Å²) >= 11 is 0. The molecule has 0 radical (unpaired) electrons. The van der Waals surface area contributed by atoms with Crippen LogP contribution in [0.5, 0.6) is 0 Å². The van der Waals surface area contributed by atoms with Crippen molar-refractivity contribution in [1.29, 1.82) is 0 Å². The van der Waals surface area contributed by atoms with Crippen molar-refractivity contribution < 1.29 is 9.53 Å². The van der Waals surface area contributed by atoms with Gasteiger partial charge in [-0.25, -0.2) is 9.78 Å². The number of piperidine rings is 1. The van der Waals surface area contributed by atoms with Crippen LogP contribution in [0.25, 0.3) is 33.1 Å². The highest BCUT2D eigenvalue weighted by atomic mass is 16.6. The highest BCUT2D eigenvalue weighted by molar-refractivity contribution is 5.97. The lowest BCUT2D eigenvalue weighted by molar-refractivity contribution is 0.0176. The summed E-state index contributed by atoms with van der Waals surface area (Å²) in [4.78, 5) is 28.6. The molecule has 1 fully saturated rings. The highest BCUT2D eigenvalue weighted by Crippen LogP contribution is 2.37. The second kappa shape index (κ2) is 10.5. The van der Waals surface area contributed by atoms with Crippen molar-refractivity contribution in [3.05, 3.63) is 73.2 Å². The monoisotopic (exact) mass is 551 g/mol. The maximum Gasteiger partial charge on any atom is 0.410 e. The van der Waals surface area contributed by atoms with E-state index in [9.17, 15) is 4.79 Å². The number of amides is 1. The van der Waals surface area contributed by atoms with Gasteiger partial charge in [-0.05, 0) is 74.7 Å². The van der Waals surface area contributed by atoms with Crippen LogP contribution in [0.2, 0.25) is 0 Å². The van der Waals surface area contributed by atoms with E-state index in [0.717, 1.165) is 46.4 Å². The topological polar surface area (TPSA) is 90.1 Å². The Morgan fingerprint density at radius 3 is 2.54 bits per heavy atom. The Bertz CT molecular complexity index is 1710. The number of rotatable bonds is 5. The maximum absolute atomic E-state index is 12.7. The number of nitrogens with one attached hydrogen (secondary N) is 1. The number of carbonyl (C=O) groups is 1. The van der Waals surface area contributed by atoms with Gasteiger partial charge in [-0.1, -0.05) is 12.1 Å². The molecule has 9 heteroatoms. The summed E-state index contributed by atoms with van der Waals surface area (Å²) in [7, 11) is 4.05. The van der Waals surface area contributed by atoms with Gasteiger partial charge in [-0.15, -0.1) is 0 Å². The van der Waals surface area contributed by atoms with Gasteiger partial charge in [0.05, 0.1) is 29.1 Å². The summed E-state index contributed by atoms with van der Waals surface area (Å²) < 4.78 is 9.74. The van der Waals surface area contributed by atoms with Crippen LogP contribution in [0, 0.1) is 5.92 Å². The van der Waals surface area contributed by atoms with Crippen molar-refractivity contribution in [2.75, 3.05) is 18.4 Å². The molecule has 0 aliphatic carbocycles. The van der Waals surface area contributed by atoms with E-state index in [4.69, 9.17) is 14.7 Å². The second-order valence-electron chi connectivity index (χ2n) is 12.0. The van der Waals surface area contributed by atoms with Crippen LogP contribution in [0.4, 0.5) is 10.5 Å². The standard InChI is InChI=1S/C32H37N7O2/c1-32(2,3)41-31(40)39-14-9-22(10-15-39)29(27-19-37(4)20-35-27)36-24-17-25(30-26(18-24)33-11-12-34-30)23-7-6-21-8-13-38(5)28(21)16-23/h6-8,11-13,16-20,22,29,36H,9-10,14-15H2,1-5H3. The number of fused-ring (bicyclic) bond motifs is 2. The second-order valence-corrected chi connectivity index (χ2v) is 12.0. The van der Waals surface area contributed by atoms with E-state index in [1.807, 2.05) is 43.6 Å². The summed E-state index contributed by atoms with van der Waals surface area (Å²) in [6.07, 6.45) is 10.9. The van der Waals surface area contributed by atoms with Crippen LogP contribution >= 0.6 is 0 Å². The molecule has 0 saturated carbocycles. The molecule has 2 aromatic carbocycles. The van der Waals surface area contributed by atoms with Crippen molar-refractivity contribution >= 4 is 33.7 Å². The number of aromatic nitrogens is 5. The molecule has 5 aromatic rings. The number of imidazole rings is 1. The van der Waals surface area contributed by atoms with E-state index < -0.39 is 5.60 Å². The van der Waals surface area contributed by atoms with Crippen molar-refractivity contribution in [2.45, 2.75) is 45.3 Å². The average Bonchev–Trinajstić information content (AvgIpc) is 3.55. The first-order valence-electron chi connectivity index (χ1n) is 14.2. The zero-order valence-corrected chi connectivity index (χ0v) is 24.3. The van der Waals surface area contributed by atoms with E-state index >= 15 is 0 Å². The van der Waals surface area contributed by atoms with Crippen molar-refractivity contribution in [1.82, 2.24) is 29.0 Å². The number of benzene rings is 2. The number of anilines is 1. The predicted molar refractivity (Wildman–Crippen MR) is 162 cm³/mol. The number of likely N-dealkylation sites (tertiary alicyclic amines) is 1. The number of aryl methyl sites for hydroxylation is 2. The van der Waals surface area contributed by atoms with Gasteiger partial charge in [0.1, 0.15) is 5.60 Å². The molecular weight excluding hydrogens is 514 g/mol. The Balaban J connectivity index is 1.33. The molecular formula is C32H37N7O2. The Morgan fingerprint density at radius 2 is 1.80 bits per heavy atom. The lowest BCUT2D eigenvalue weighted by atomic mass is 9.87. The smallest absolute Gasteiger partial charge is 0.410 e. The Labute approximate surface area is 240 Å². The first kappa shape index (κ1) is 26.8. The van der Waals surface area contributed by atoms with Crippen LogP contribution in [-0.2, 0) is 18.8 Å². The van der Waals surface area contributed by atoms with Gasteiger partial charge in [0.15, 0.2) is 0 Å². The van der Waals surface area contributed by atoms with Crippen LogP contribution in [-0.4, -0.2) is 53.8 Å². The van der Waals surface area contributed by atoms with E-state index in [1.165, 1.54) is 10.9 Å². The van der Waals surface area contributed by atoms with E-state index in [1.54, 1.807) is 12.4 Å². The van der Waals surface area contributed by atoms with E-state index in [0.29, 0.717) is 13.1 Å². The largest absolute Gasteiger partial charge is 0.444 e. The van der Waals surface area contributed by atoms with Gasteiger partial charge in [-0.2, -0.15) is 0 Å². The van der Waals surface area contributed by atoms with Crippen LogP contribution in [0.1, 0.15) is 45.3 Å². The molecule has 1 aliphatic heterocycles. The molecule has 1 atom stereocenters. The Morgan fingerprint density at radius 1 is 1.02 bits per heavy atom. The van der Waals surface area contributed by atoms with Gasteiger partial charge in [0.2, 0.25) is 0 Å². The number of carbonyl (C=O) groups excluding carboxylic acids is 1. The molecule has 1 aliphatic rings. The molecule has 41 heavy (non-hydrogen) atoms. The molecule has 3 aromatic heterocycles. The minimum absolute atomic E-state index is 0.0330. The van der Waals surface area contributed by atoms with Gasteiger partial charge in [0, 0.05) is 68.7 Å². The zero-order valence-electron chi connectivity index (χ0n) is 24.3. The summed E-state index contributed by atoms with van der Waals surface area (Å²) in [5.41, 5.74) is 6.42. The minimum Gasteiger partial charge on any atom is -0.444 e. The number of ether oxygens (including phenoxy) is 1. The third kappa shape index (κ3) is 5.62. The third-order valence-corrected chi connectivity index (χ3v) is 7.80. The average molecular weight is 552 g/mol. The molecule has 4 heterocycles. The Kier molecular flexibility index (Phi) is 6.89. The number of hydrogen-bond acceptors (Lipinski definition) is 6. The van der Waals surface area contributed by atoms with Crippen LogP contribution < -0.4 is 5.32 Å². The molecule has 0 bridgehead atoms. The minimum atomic E-state index is -0.507. The van der Waals surface area contributed by atoms with Gasteiger partial charge < -0.3 is 24.1 Å². The van der Waals surface area contributed by atoms with Crippen LogP contribution in [0.3, 0.4) is 0 Å². The molecule has 6 rings (SSSR count). The van der Waals surface area contributed by atoms with E-state index in [-0.39, 0.29) is 18.1 Å². The molecule has 1 unspecified atom stereocenters. The fraction of sp³-hybridized carbons (Fsp3) is 0.375. The lowest BCUT2D eigenvalue weighted by Crippen LogP contribution is -2.43. The predicted octanol–water partition coefficient (Wildman–Crippen LogP) is 6.32. The molecule has 212 valence electrons. The lowest BCUT2D eigenvalue weighted by Gasteiger charge is -2.37. The quantitative estimate of drug-likeness (QED) is 0.275. The summed E-state index contributed by atoms with van der Waals surface area (Å²) in [6, 6.07) is 12.9. The van der Waals surface area contributed by atoms with Crippen molar-refractivity contribution in [2.24, 2.45) is 20.0 Å². The number of hydrogen-bond donors (Lipinski definition) is 1. The fourth-order valence-corrected chi connectivity index (χ4v) is 5.76. The Hall–Kier alpha value is -4.40. The fourth-order valence-electron chi connectivity index (χ4n) is 5.76.